The number of benzene rings is 2. The highest BCUT2D eigenvalue weighted by Gasteiger charge is 2.20. The Morgan fingerprint density at radius 3 is 1.85 bits per heavy atom. The SMILES string of the molecule is C=CC(=O)OC(COC(=O)c1ccc2cc(OCC(CSCCC3SCCS3)OC(=O)C=C)ccc2c1)CSCCC1SCCS1. The zero-order valence-corrected chi connectivity index (χ0v) is 30.5. The second kappa shape index (κ2) is 20.8. The molecule has 0 radical (unpaired) electrons. The van der Waals surface area contributed by atoms with Crippen LogP contribution in [0.25, 0.3) is 10.8 Å². The minimum absolute atomic E-state index is 0.0302. The van der Waals surface area contributed by atoms with Crippen molar-refractivity contribution in [3.05, 3.63) is 67.3 Å². The summed E-state index contributed by atoms with van der Waals surface area (Å²) in [7, 11) is 0. The van der Waals surface area contributed by atoms with Crippen LogP contribution in [0.2, 0.25) is 0 Å². The Kier molecular flexibility index (Phi) is 16.8. The van der Waals surface area contributed by atoms with Crippen LogP contribution in [0.5, 0.6) is 5.75 Å². The van der Waals surface area contributed by atoms with Gasteiger partial charge in [0.1, 0.15) is 31.2 Å². The van der Waals surface area contributed by atoms with Gasteiger partial charge < -0.3 is 18.9 Å². The van der Waals surface area contributed by atoms with Gasteiger partial charge in [0.15, 0.2) is 0 Å². The molecule has 0 spiro atoms. The molecule has 2 aliphatic rings. The molecule has 250 valence electrons. The van der Waals surface area contributed by atoms with Gasteiger partial charge in [-0.2, -0.15) is 23.5 Å². The number of ether oxygens (including phenoxy) is 4. The molecule has 2 heterocycles. The topological polar surface area (TPSA) is 88.1 Å². The summed E-state index contributed by atoms with van der Waals surface area (Å²) < 4.78 is 23.9. The molecular formula is C33H40O7S6. The number of hydrogen-bond donors (Lipinski definition) is 0. The maximum atomic E-state index is 12.9. The predicted octanol–water partition coefficient (Wildman–Crippen LogP) is 7.43. The summed E-state index contributed by atoms with van der Waals surface area (Å²) in [6.45, 7) is 7.18. The van der Waals surface area contributed by atoms with Crippen LogP contribution < -0.4 is 4.74 Å². The van der Waals surface area contributed by atoms with Gasteiger partial charge in [0, 0.05) is 46.7 Å². The van der Waals surface area contributed by atoms with Gasteiger partial charge in [-0.1, -0.05) is 25.3 Å². The monoisotopic (exact) mass is 740 g/mol. The molecule has 2 aromatic rings. The Morgan fingerprint density at radius 2 is 1.28 bits per heavy atom. The van der Waals surface area contributed by atoms with Crippen LogP contribution in [-0.4, -0.2) is 98.5 Å². The first kappa shape index (κ1) is 37.3. The number of esters is 3. The fourth-order valence-electron chi connectivity index (χ4n) is 4.48. The number of hydrogen-bond acceptors (Lipinski definition) is 13. The van der Waals surface area contributed by atoms with Gasteiger partial charge in [-0.15, -0.1) is 47.0 Å². The average molecular weight is 741 g/mol. The molecule has 0 N–H and O–H groups in total. The lowest BCUT2D eigenvalue weighted by Crippen LogP contribution is -2.27. The van der Waals surface area contributed by atoms with E-state index < -0.39 is 30.1 Å². The molecule has 4 rings (SSSR count). The van der Waals surface area contributed by atoms with Crippen LogP contribution in [0.1, 0.15) is 23.2 Å². The molecule has 2 atom stereocenters. The number of rotatable bonds is 20. The lowest BCUT2D eigenvalue weighted by atomic mass is 10.1. The Morgan fingerprint density at radius 1 is 0.761 bits per heavy atom. The van der Waals surface area contributed by atoms with Crippen LogP contribution in [0.4, 0.5) is 0 Å². The Hall–Kier alpha value is -1.51. The maximum Gasteiger partial charge on any atom is 0.338 e. The highest BCUT2D eigenvalue weighted by atomic mass is 32.2. The lowest BCUT2D eigenvalue weighted by Gasteiger charge is -2.18. The van der Waals surface area contributed by atoms with Crippen LogP contribution in [0.3, 0.4) is 0 Å². The summed E-state index contributed by atoms with van der Waals surface area (Å²) in [5.41, 5.74) is 0.403. The van der Waals surface area contributed by atoms with Gasteiger partial charge in [-0.3, -0.25) is 0 Å². The predicted molar refractivity (Wildman–Crippen MR) is 201 cm³/mol. The zero-order chi connectivity index (χ0) is 32.6. The molecule has 0 aromatic heterocycles. The van der Waals surface area contributed by atoms with E-state index in [9.17, 15) is 14.4 Å². The van der Waals surface area contributed by atoms with Crippen molar-refractivity contribution in [1.82, 2.24) is 0 Å². The van der Waals surface area contributed by atoms with Crippen LogP contribution in [-0.2, 0) is 23.8 Å². The van der Waals surface area contributed by atoms with Crippen molar-refractivity contribution in [2.75, 3.05) is 59.2 Å². The van der Waals surface area contributed by atoms with Crippen molar-refractivity contribution >= 4 is 99.3 Å². The van der Waals surface area contributed by atoms with Crippen LogP contribution in [0.15, 0.2) is 61.7 Å². The Labute approximate surface area is 297 Å². The summed E-state index contributed by atoms with van der Waals surface area (Å²) in [4.78, 5) is 36.7. The fraction of sp³-hybridized carbons (Fsp3) is 0.485. The third-order valence-corrected chi connectivity index (χ3v) is 15.4. The maximum absolute atomic E-state index is 12.9. The first-order valence-corrected chi connectivity index (χ1v) is 21.6. The highest BCUT2D eigenvalue weighted by molar-refractivity contribution is 8.20. The van der Waals surface area contributed by atoms with E-state index in [-0.39, 0.29) is 13.2 Å². The van der Waals surface area contributed by atoms with Gasteiger partial charge in [0.2, 0.25) is 0 Å². The third kappa shape index (κ3) is 13.2. The van der Waals surface area contributed by atoms with Crippen molar-refractivity contribution in [3.63, 3.8) is 0 Å². The van der Waals surface area contributed by atoms with Crippen molar-refractivity contribution < 1.29 is 33.3 Å². The second-order valence-electron chi connectivity index (χ2n) is 10.2. The third-order valence-electron chi connectivity index (χ3n) is 6.77. The Bertz CT molecular complexity index is 1310. The summed E-state index contributed by atoms with van der Waals surface area (Å²) in [6.07, 6.45) is 3.56. The van der Waals surface area contributed by atoms with Gasteiger partial charge in [0.25, 0.3) is 0 Å². The van der Waals surface area contributed by atoms with Crippen molar-refractivity contribution in [2.45, 2.75) is 34.2 Å². The molecule has 0 aliphatic carbocycles. The van der Waals surface area contributed by atoms with Gasteiger partial charge in [-0.25, -0.2) is 14.4 Å². The van der Waals surface area contributed by atoms with E-state index >= 15 is 0 Å². The smallest absolute Gasteiger partial charge is 0.338 e. The van der Waals surface area contributed by atoms with E-state index in [2.05, 4.69) is 13.2 Å². The molecule has 0 saturated carbocycles. The summed E-state index contributed by atoms with van der Waals surface area (Å²) in [6, 6.07) is 10.9. The van der Waals surface area contributed by atoms with E-state index in [1.165, 1.54) is 29.1 Å². The number of carbonyl (C=O) groups is 3. The van der Waals surface area contributed by atoms with Gasteiger partial charge in [0.05, 0.1) is 14.7 Å². The normalized spacial score (nSPS) is 16.5. The number of carbonyl (C=O) groups excluding carboxylic acids is 3. The van der Waals surface area contributed by atoms with E-state index in [1.807, 2.05) is 71.3 Å². The molecule has 2 fully saturated rings. The summed E-state index contributed by atoms with van der Waals surface area (Å²) >= 11 is 11.5. The lowest BCUT2D eigenvalue weighted by molar-refractivity contribution is -0.144. The molecule has 2 unspecified atom stereocenters. The van der Waals surface area contributed by atoms with Crippen molar-refractivity contribution in [2.24, 2.45) is 0 Å². The molecule has 0 bridgehead atoms. The van der Waals surface area contributed by atoms with Crippen LogP contribution >= 0.6 is 70.6 Å². The molecule has 46 heavy (non-hydrogen) atoms. The van der Waals surface area contributed by atoms with E-state index in [0.29, 0.717) is 32.0 Å². The van der Waals surface area contributed by atoms with Gasteiger partial charge >= 0.3 is 17.9 Å². The quantitative estimate of drug-likeness (QED) is 0.0584. The molecule has 2 saturated heterocycles. The molecule has 13 heteroatoms. The first-order chi connectivity index (χ1) is 22.4. The molecule has 2 aliphatic heterocycles. The molecule has 0 amide bonds. The highest BCUT2D eigenvalue weighted by Crippen LogP contribution is 2.36. The molecule has 7 nitrogen and oxygen atoms in total. The number of fused-ring (bicyclic) bond motifs is 1. The zero-order valence-electron chi connectivity index (χ0n) is 25.6. The van der Waals surface area contributed by atoms with Crippen LogP contribution in [0, 0.1) is 0 Å². The van der Waals surface area contributed by atoms with E-state index in [0.717, 1.165) is 41.2 Å². The minimum atomic E-state index is -0.554. The van der Waals surface area contributed by atoms with Crippen molar-refractivity contribution in [3.8, 4) is 5.75 Å². The Balaban J connectivity index is 1.26. The second-order valence-corrected chi connectivity index (χ2v) is 18.4. The fourth-order valence-corrected chi connectivity index (χ4v) is 12.7. The largest absolute Gasteiger partial charge is 0.490 e. The minimum Gasteiger partial charge on any atom is -0.490 e. The molecule has 2 aromatic carbocycles. The molecular weight excluding hydrogens is 701 g/mol. The van der Waals surface area contributed by atoms with E-state index in [1.54, 1.807) is 35.7 Å². The van der Waals surface area contributed by atoms with Crippen molar-refractivity contribution in [1.29, 1.82) is 0 Å². The van der Waals surface area contributed by atoms with E-state index in [4.69, 9.17) is 18.9 Å². The van der Waals surface area contributed by atoms with Gasteiger partial charge in [-0.05, 0) is 59.4 Å². The average Bonchev–Trinajstić information content (AvgIpc) is 3.80. The first-order valence-electron chi connectivity index (χ1n) is 15.0. The number of thioether (sulfide) groups is 6. The summed E-state index contributed by atoms with van der Waals surface area (Å²) in [5, 5.41) is 1.74. The summed E-state index contributed by atoms with van der Waals surface area (Å²) in [5.74, 6) is 7.15. The standard InChI is InChI=1S/C33H40O7S6/c1-3-29(34)39-27(21-41-11-9-31-43-13-14-44-31)19-37-26-8-7-23-17-25(6-5-24(23)18-26)33(36)38-20-28(40-30(35)4-2)22-42-12-10-32-45-15-16-46-32/h3-8,17-18,27-28,31-32H,1-2,9-16,19-22H2.